The number of aromatic carboxylic acids is 1. The lowest BCUT2D eigenvalue weighted by Gasteiger charge is -2.27. The first-order valence-electron chi connectivity index (χ1n) is 11.9. The van der Waals surface area contributed by atoms with Gasteiger partial charge in [0.15, 0.2) is 0 Å². The topological polar surface area (TPSA) is 96.2 Å². The van der Waals surface area contributed by atoms with Gasteiger partial charge < -0.3 is 14.9 Å². The van der Waals surface area contributed by atoms with Crippen LogP contribution in [0.5, 0.6) is 17.2 Å². The molecule has 0 aliphatic carbocycles. The quantitative estimate of drug-likeness (QED) is 0.242. The van der Waals surface area contributed by atoms with Crippen LogP contribution < -0.4 is 4.74 Å². The van der Waals surface area contributed by atoms with Gasteiger partial charge in [-0.3, -0.25) is 0 Å². The molecule has 0 heterocycles. The summed E-state index contributed by atoms with van der Waals surface area (Å²) in [6.07, 6.45) is 0. The maximum absolute atomic E-state index is 12.1. The lowest BCUT2D eigenvalue weighted by atomic mass is 9.77. The second kappa shape index (κ2) is 9.90. The van der Waals surface area contributed by atoms with E-state index in [2.05, 4.69) is 19.0 Å². The van der Waals surface area contributed by atoms with Gasteiger partial charge in [0.1, 0.15) is 28.5 Å². The van der Waals surface area contributed by atoms with Gasteiger partial charge in [0.2, 0.25) is 0 Å². The van der Waals surface area contributed by atoms with Gasteiger partial charge in [-0.25, -0.2) is 4.79 Å². The van der Waals surface area contributed by atoms with Crippen LogP contribution in [0.15, 0.2) is 96.2 Å². The first-order valence-corrected chi connectivity index (χ1v) is 11.9. The molecule has 0 aromatic heterocycles. The van der Waals surface area contributed by atoms with Crippen LogP contribution in [0.4, 0.5) is 5.69 Å². The van der Waals surface area contributed by atoms with E-state index in [0.717, 1.165) is 22.3 Å². The molecule has 0 saturated heterocycles. The number of ether oxygens (including phenoxy) is 1. The van der Waals surface area contributed by atoms with Gasteiger partial charge in [0, 0.05) is 10.8 Å². The second-order valence-electron chi connectivity index (χ2n) is 10.1. The molecule has 0 spiro atoms. The summed E-state index contributed by atoms with van der Waals surface area (Å²) < 4.78 is 6.00. The van der Waals surface area contributed by atoms with Crippen LogP contribution in [0.25, 0.3) is 0 Å². The molecule has 0 radical (unpaired) electrons. The highest BCUT2D eigenvalue weighted by Gasteiger charge is 2.26. The van der Waals surface area contributed by atoms with Crippen LogP contribution >= 0.6 is 0 Å². The van der Waals surface area contributed by atoms with Crippen molar-refractivity contribution in [2.45, 2.75) is 38.5 Å². The normalized spacial score (nSPS) is 11.7. The Bertz CT molecular complexity index is 1420. The molecule has 0 unspecified atom stereocenters. The van der Waals surface area contributed by atoms with Crippen LogP contribution in [0.1, 0.15) is 60.3 Å². The minimum Gasteiger partial charge on any atom is -0.508 e. The number of nitrogens with zero attached hydrogens (tertiary/aromatic N) is 1. The number of carboxylic acids is 1. The molecule has 2 N–H and O–H groups in total. The zero-order valence-electron chi connectivity index (χ0n) is 21.2. The first-order chi connectivity index (χ1) is 17.5. The number of benzene rings is 4. The third-order valence-electron chi connectivity index (χ3n) is 7.02. The molecule has 0 bridgehead atoms. The third-order valence-corrected chi connectivity index (χ3v) is 7.02. The molecular weight excluding hydrogens is 466 g/mol. The minimum absolute atomic E-state index is 0.0673. The van der Waals surface area contributed by atoms with E-state index in [-0.39, 0.29) is 22.5 Å². The van der Waals surface area contributed by atoms with Crippen LogP contribution in [-0.2, 0) is 10.8 Å². The SMILES string of the molecule is CC(C)(c1ccc(N=O)cc1)c1ccc(Oc2ccc(C(C)(C)c3ccc(O)cc3)cc2C(=O)O)cc1. The van der Waals surface area contributed by atoms with Crippen LogP contribution in [0.2, 0.25) is 0 Å². The van der Waals surface area contributed by atoms with Crippen molar-refractivity contribution in [1.29, 1.82) is 0 Å². The van der Waals surface area contributed by atoms with Gasteiger partial charge in [-0.15, -0.1) is 4.91 Å². The van der Waals surface area contributed by atoms with Gasteiger partial charge in [0.25, 0.3) is 0 Å². The van der Waals surface area contributed by atoms with E-state index in [1.165, 1.54) is 0 Å². The summed E-state index contributed by atoms with van der Waals surface area (Å²) in [5, 5.41) is 22.5. The fraction of sp³-hybridized carbons (Fsp3) is 0.194. The van der Waals surface area contributed by atoms with E-state index in [1.807, 2.05) is 68.4 Å². The lowest BCUT2D eigenvalue weighted by Crippen LogP contribution is -2.19. The Morgan fingerprint density at radius 1 is 0.703 bits per heavy atom. The summed E-state index contributed by atoms with van der Waals surface area (Å²) in [5.41, 5.74) is 3.48. The highest BCUT2D eigenvalue weighted by molar-refractivity contribution is 5.91. The molecule has 6 heteroatoms. The molecule has 0 fully saturated rings. The van der Waals surface area contributed by atoms with Crippen molar-refractivity contribution < 1.29 is 19.7 Å². The highest BCUT2D eigenvalue weighted by Crippen LogP contribution is 2.37. The molecule has 0 aliphatic rings. The third kappa shape index (κ3) is 5.23. The van der Waals surface area contributed by atoms with Gasteiger partial charge >= 0.3 is 5.97 Å². The molecule has 37 heavy (non-hydrogen) atoms. The van der Waals surface area contributed by atoms with Crippen molar-refractivity contribution in [3.05, 3.63) is 124 Å². The predicted octanol–water partition coefficient (Wildman–Crippen LogP) is 7.93. The number of hydrogen-bond donors (Lipinski definition) is 2. The lowest BCUT2D eigenvalue weighted by molar-refractivity contribution is 0.0694. The zero-order chi connectivity index (χ0) is 26.8. The smallest absolute Gasteiger partial charge is 0.339 e. The van der Waals surface area contributed by atoms with Crippen LogP contribution in [0, 0.1) is 4.91 Å². The van der Waals surface area contributed by atoms with Crippen molar-refractivity contribution in [3.63, 3.8) is 0 Å². The summed E-state index contributed by atoms with van der Waals surface area (Å²) >= 11 is 0. The fourth-order valence-corrected chi connectivity index (χ4v) is 4.39. The van der Waals surface area contributed by atoms with Crippen molar-refractivity contribution >= 4 is 11.7 Å². The van der Waals surface area contributed by atoms with Crippen molar-refractivity contribution in [2.75, 3.05) is 0 Å². The predicted molar refractivity (Wildman–Crippen MR) is 144 cm³/mol. The van der Waals surface area contributed by atoms with Crippen LogP contribution in [-0.4, -0.2) is 16.2 Å². The molecule has 188 valence electrons. The standard InChI is InChI=1S/C31H29NO5/c1-30(2,20-5-12-24(32-36)13-6-20)22-9-16-26(17-10-22)37-28-18-11-23(19-27(28)29(34)35)31(3,4)21-7-14-25(33)15-8-21/h5-19,33H,1-4H3,(H,34,35). The Morgan fingerprint density at radius 3 is 1.68 bits per heavy atom. The summed E-state index contributed by atoms with van der Waals surface area (Å²) in [4.78, 5) is 22.8. The second-order valence-corrected chi connectivity index (χ2v) is 10.1. The van der Waals surface area contributed by atoms with Gasteiger partial charge in [-0.05, 0) is 76.0 Å². The van der Waals surface area contributed by atoms with Gasteiger partial charge in [-0.1, -0.05) is 70.2 Å². The molecule has 0 amide bonds. The minimum atomic E-state index is -1.08. The largest absolute Gasteiger partial charge is 0.508 e. The van der Waals surface area contributed by atoms with Gasteiger partial charge in [0.05, 0.1) is 0 Å². The molecule has 6 nitrogen and oxygen atoms in total. The number of nitroso groups, excluding NO2 is 1. The summed E-state index contributed by atoms with van der Waals surface area (Å²) in [6.45, 7) is 8.18. The maximum Gasteiger partial charge on any atom is 0.339 e. The Balaban J connectivity index is 1.59. The van der Waals surface area contributed by atoms with Crippen molar-refractivity contribution in [1.82, 2.24) is 0 Å². The molecular formula is C31H29NO5. The summed E-state index contributed by atoms with van der Waals surface area (Å²) in [6, 6.07) is 26.8. The molecule has 0 atom stereocenters. The van der Waals surface area contributed by atoms with E-state index < -0.39 is 11.4 Å². The van der Waals surface area contributed by atoms with Crippen molar-refractivity contribution in [2.24, 2.45) is 5.18 Å². The van der Waals surface area contributed by atoms with E-state index in [1.54, 1.807) is 36.4 Å². The Hall–Kier alpha value is -4.45. The number of aromatic hydroxyl groups is 1. The van der Waals surface area contributed by atoms with Crippen LogP contribution in [0.3, 0.4) is 0 Å². The molecule has 4 aromatic rings. The van der Waals surface area contributed by atoms with Crippen molar-refractivity contribution in [3.8, 4) is 17.2 Å². The van der Waals surface area contributed by atoms with Gasteiger partial charge in [-0.2, -0.15) is 0 Å². The summed E-state index contributed by atoms with van der Waals surface area (Å²) in [7, 11) is 0. The number of carboxylic acid groups (broad SMARTS) is 1. The Labute approximate surface area is 216 Å². The monoisotopic (exact) mass is 495 g/mol. The zero-order valence-corrected chi connectivity index (χ0v) is 21.2. The molecule has 4 rings (SSSR count). The number of hydrogen-bond acceptors (Lipinski definition) is 5. The molecule has 4 aromatic carbocycles. The van der Waals surface area contributed by atoms with E-state index in [0.29, 0.717) is 11.4 Å². The maximum atomic E-state index is 12.1. The van der Waals surface area contributed by atoms with E-state index >= 15 is 0 Å². The number of rotatable bonds is 8. The number of carbonyl (C=O) groups is 1. The van der Waals surface area contributed by atoms with E-state index in [4.69, 9.17) is 4.74 Å². The number of phenolic OH excluding ortho intramolecular Hbond substituents is 1. The fourth-order valence-electron chi connectivity index (χ4n) is 4.39. The Kier molecular flexibility index (Phi) is 6.86. The first kappa shape index (κ1) is 25.6. The molecule has 0 saturated carbocycles. The van der Waals surface area contributed by atoms with E-state index in [9.17, 15) is 19.9 Å². The summed E-state index contributed by atoms with van der Waals surface area (Å²) in [5.74, 6) is -0.129. The average Bonchev–Trinajstić information content (AvgIpc) is 2.89. The molecule has 0 aliphatic heterocycles. The average molecular weight is 496 g/mol. The number of phenols is 1. The Morgan fingerprint density at radius 2 is 1.16 bits per heavy atom. The highest BCUT2D eigenvalue weighted by atomic mass is 16.5.